The van der Waals surface area contributed by atoms with Gasteiger partial charge in [-0.1, -0.05) is 18.2 Å². The highest BCUT2D eigenvalue weighted by molar-refractivity contribution is 6.32. The van der Waals surface area contributed by atoms with Gasteiger partial charge in [-0.3, -0.25) is 9.59 Å². The van der Waals surface area contributed by atoms with E-state index in [0.29, 0.717) is 41.1 Å². The van der Waals surface area contributed by atoms with Crippen molar-refractivity contribution in [3.05, 3.63) is 53.7 Å². The Morgan fingerprint density at radius 3 is 2.75 bits per heavy atom. The van der Waals surface area contributed by atoms with Crippen LogP contribution in [0, 0.1) is 0 Å². The van der Waals surface area contributed by atoms with Gasteiger partial charge >= 0.3 is 0 Å². The maximum absolute atomic E-state index is 12.7. The fraction of sp³-hybridized carbons (Fsp3) is 0.263. The Balaban J connectivity index is 1.59. The number of carbonyl (C=O) groups is 2. The summed E-state index contributed by atoms with van der Waals surface area (Å²) in [6, 6.07) is 6.84. The minimum absolute atomic E-state index is 0.0565. The summed E-state index contributed by atoms with van der Waals surface area (Å²) in [4.78, 5) is 34.3. The van der Waals surface area contributed by atoms with Crippen molar-refractivity contribution < 1.29 is 9.59 Å². The van der Waals surface area contributed by atoms with E-state index in [2.05, 4.69) is 32.5 Å². The van der Waals surface area contributed by atoms with Crippen molar-refractivity contribution >= 4 is 40.9 Å². The number of halogens is 1. The maximum atomic E-state index is 12.7. The molecule has 0 unspecified atom stereocenters. The van der Waals surface area contributed by atoms with Gasteiger partial charge in [0.2, 0.25) is 11.9 Å². The first-order chi connectivity index (χ1) is 13.5. The van der Waals surface area contributed by atoms with Crippen LogP contribution in [0.5, 0.6) is 0 Å². The molecule has 1 atom stereocenters. The average Bonchev–Trinajstić information content (AvgIpc) is 3.17. The Hall–Kier alpha value is -3.13. The first-order valence-electron chi connectivity index (χ1n) is 8.79. The van der Waals surface area contributed by atoms with Crippen molar-refractivity contribution in [1.29, 1.82) is 0 Å². The normalized spacial score (nSPS) is 15.8. The second kappa shape index (κ2) is 8.71. The van der Waals surface area contributed by atoms with Crippen molar-refractivity contribution in [3.63, 3.8) is 0 Å². The molecule has 0 radical (unpaired) electrons. The number of nitrogens with zero attached hydrogens (tertiary/aromatic N) is 3. The third-order valence-corrected chi connectivity index (χ3v) is 4.65. The van der Waals surface area contributed by atoms with Gasteiger partial charge in [0.1, 0.15) is 10.8 Å². The summed E-state index contributed by atoms with van der Waals surface area (Å²) in [6.45, 7) is 4.60. The number of aromatic nitrogens is 2. The van der Waals surface area contributed by atoms with Gasteiger partial charge in [-0.2, -0.15) is 4.98 Å². The quantitative estimate of drug-likeness (QED) is 0.644. The molecular formula is C19H21ClN6O2. The van der Waals surface area contributed by atoms with Crippen LogP contribution in [0.4, 0.5) is 17.5 Å². The lowest BCUT2D eigenvalue weighted by molar-refractivity contribution is -0.111. The van der Waals surface area contributed by atoms with Crippen LogP contribution in [0.1, 0.15) is 16.8 Å². The van der Waals surface area contributed by atoms with Gasteiger partial charge in [-0.25, -0.2) is 4.98 Å². The SMILES string of the molecule is C=CC(=O)Nc1ccc(C(=O)N2CC[C@H](Nc3ncc(Cl)c(NC)n3)C2)cc1. The zero-order valence-electron chi connectivity index (χ0n) is 15.4. The molecule has 0 bridgehead atoms. The number of likely N-dealkylation sites (tertiary alicyclic amines) is 1. The number of nitrogens with one attached hydrogen (secondary N) is 3. The zero-order valence-corrected chi connectivity index (χ0v) is 16.2. The molecule has 1 aromatic carbocycles. The number of hydrogen-bond donors (Lipinski definition) is 3. The molecule has 2 aromatic rings. The van der Waals surface area contributed by atoms with E-state index in [0.717, 1.165) is 6.42 Å². The second-order valence-electron chi connectivity index (χ2n) is 6.29. The van der Waals surface area contributed by atoms with Crippen LogP contribution in [0.15, 0.2) is 43.1 Å². The molecule has 0 saturated carbocycles. The standard InChI is InChI=1S/C19H21ClN6O2/c1-3-16(27)23-13-6-4-12(5-7-13)18(28)26-9-8-14(11-26)24-19-22-10-15(20)17(21-2)25-19/h3-7,10,14H,1,8-9,11H2,2H3,(H,23,27)(H2,21,22,24,25)/t14-/m0/s1. The molecule has 146 valence electrons. The monoisotopic (exact) mass is 400 g/mol. The Kier molecular flexibility index (Phi) is 6.10. The summed E-state index contributed by atoms with van der Waals surface area (Å²) in [6.07, 6.45) is 3.52. The van der Waals surface area contributed by atoms with Gasteiger partial charge in [0.25, 0.3) is 5.91 Å². The van der Waals surface area contributed by atoms with Crippen LogP contribution in [0.3, 0.4) is 0 Å². The zero-order chi connectivity index (χ0) is 20.1. The van der Waals surface area contributed by atoms with Crippen molar-refractivity contribution in [1.82, 2.24) is 14.9 Å². The third kappa shape index (κ3) is 4.58. The highest BCUT2D eigenvalue weighted by Gasteiger charge is 2.27. The van der Waals surface area contributed by atoms with E-state index >= 15 is 0 Å². The summed E-state index contributed by atoms with van der Waals surface area (Å²) in [5.41, 5.74) is 1.18. The van der Waals surface area contributed by atoms with Crippen LogP contribution in [-0.2, 0) is 4.79 Å². The summed E-state index contributed by atoms with van der Waals surface area (Å²) in [5, 5.41) is 9.26. The van der Waals surface area contributed by atoms with Crippen LogP contribution >= 0.6 is 11.6 Å². The summed E-state index contributed by atoms with van der Waals surface area (Å²) < 4.78 is 0. The Bertz CT molecular complexity index is 886. The Morgan fingerprint density at radius 1 is 1.32 bits per heavy atom. The molecule has 1 saturated heterocycles. The number of hydrogen-bond acceptors (Lipinski definition) is 6. The van der Waals surface area contributed by atoms with E-state index in [1.54, 1.807) is 36.2 Å². The fourth-order valence-electron chi connectivity index (χ4n) is 2.93. The lowest BCUT2D eigenvalue weighted by Gasteiger charge is -2.17. The van der Waals surface area contributed by atoms with Gasteiger partial charge in [0.05, 0.1) is 6.20 Å². The molecule has 2 amide bonds. The molecule has 9 heteroatoms. The lowest BCUT2D eigenvalue weighted by Crippen LogP contribution is -2.31. The van der Waals surface area contributed by atoms with E-state index < -0.39 is 0 Å². The predicted octanol–water partition coefficient (Wildman–Crippen LogP) is 2.62. The van der Waals surface area contributed by atoms with Crippen LogP contribution in [0.2, 0.25) is 5.02 Å². The summed E-state index contributed by atoms with van der Waals surface area (Å²) in [7, 11) is 1.74. The number of anilines is 3. The summed E-state index contributed by atoms with van der Waals surface area (Å²) >= 11 is 6.00. The molecule has 3 N–H and O–H groups in total. The van der Waals surface area contributed by atoms with E-state index in [-0.39, 0.29) is 17.9 Å². The molecule has 3 rings (SSSR count). The molecule has 1 aromatic heterocycles. The van der Waals surface area contributed by atoms with Crippen molar-refractivity contribution in [2.24, 2.45) is 0 Å². The van der Waals surface area contributed by atoms with Crippen molar-refractivity contribution in [2.45, 2.75) is 12.5 Å². The number of carbonyl (C=O) groups excluding carboxylic acids is 2. The van der Waals surface area contributed by atoms with Crippen molar-refractivity contribution in [3.8, 4) is 0 Å². The fourth-order valence-corrected chi connectivity index (χ4v) is 3.11. The van der Waals surface area contributed by atoms with E-state index in [1.165, 1.54) is 12.3 Å². The molecule has 2 heterocycles. The Labute approximate surface area is 168 Å². The maximum Gasteiger partial charge on any atom is 0.253 e. The molecule has 0 spiro atoms. The van der Waals surface area contributed by atoms with E-state index in [9.17, 15) is 9.59 Å². The molecule has 28 heavy (non-hydrogen) atoms. The number of rotatable bonds is 6. The second-order valence-corrected chi connectivity index (χ2v) is 6.70. The lowest BCUT2D eigenvalue weighted by atomic mass is 10.2. The molecule has 1 aliphatic rings. The van der Waals surface area contributed by atoms with E-state index in [1.807, 2.05) is 0 Å². The van der Waals surface area contributed by atoms with Crippen LogP contribution < -0.4 is 16.0 Å². The van der Waals surface area contributed by atoms with Crippen molar-refractivity contribution in [2.75, 3.05) is 36.1 Å². The van der Waals surface area contributed by atoms with Gasteiger partial charge in [0, 0.05) is 37.4 Å². The average molecular weight is 401 g/mol. The smallest absolute Gasteiger partial charge is 0.253 e. The van der Waals surface area contributed by atoms with Gasteiger partial charge < -0.3 is 20.9 Å². The molecule has 1 aliphatic heterocycles. The number of benzene rings is 1. The topological polar surface area (TPSA) is 99.3 Å². The molecule has 0 aliphatic carbocycles. The first kappa shape index (κ1) is 19.6. The first-order valence-corrected chi connectivity index (χ1v) is 9.17. The molecular weight excluding hydrogens is 380 g/mol. The van der Waals surface area contributed by atoms with Crippen LogP contribution in [0.25, 0.3) is 0 Å². The predicted molar refractivity (Wildman–Crippen MR) is 110 cm³/mol. The minimum atomic E-state index is -0.293. The van der Waals surface area contributed by atoms with Crippen LogP contribution in [-0.4, -0.2) is 52.9 Å². The molecule has 8 nitrogen and oxygen atoms in total. The van der Waals surface area contributed by atoms with Gasteiger partial charge in [0.15, 0.2) is 0 Å². The van der Waals surface area contributed by atoms with Gasteiger partial charge in [-0.05, 0) is 36.8 Å². The Morgan fingerprint density at radius 2 is 2.07 bits per heavy atom. The number of amides is 2. The third-order valence-electron chi connectivity index (χ3n) is 4.37. The highest BCUT2D eigenvalue weighted by Crippen LogP contribution is 2.21. The van der Waals surface area contributed by atoms with Gasteiger partial charge in [-0.15, -0.1) is 0 Å². The van der Waals surface area contributed by atoms with E-state index in [4.69, 9.17) is 11.6 Å². The highest BCUT2D eigenvalue weighted by atomic mass is 35.5. The molecule has 1 fully saturated rings. The largest absolute Gasteiger partial charge is 0.372 e. The minimum Gasteiger partial charge on any atom is -0.372 e. The summed E-state index contributed by atoms with van der Waals surface area (Å²) in [5.74, 6) is 0.668.